The van der Waals surface area contributed by atoms with Gasteiger partial charge in [0.2, 0.25) is 0 Å². The van der Waals surface area contributed by atoms with Crippen LogP contribution in [-0.4, -0.2) is 16.4 Å². The summed E-state index contributed by atoms with van der Waals surface area (Å²) in [5.74, 6) is 0.731. The summed E-state index contributed by atoms with van der Waals surface area (Å²) >= 11 is 0. The zero-order valence-electron chi connectivity index (χ0n) is 8.56. The highest BCUT2D eigenvalue weighted by Gasteiger charge is 2.16. The first-order valence-electron chi connectivity index (χ1n) is 5.08. The predicted molar refractivity (Wildman–Crippen MR) is 54.5 cm³/mol. The summed E-state index contributed by atoms with van der Waals surface area (Å²) in [4.78, 5) is 8.78. The minimum Gasteiger partial charge on any atom is -0.465 e. The van der Waals surface area contributed by atoms with Crippen LogP contribution in [0.1, 0.15) is 43.6 Å². The second kappa shape index (κ2) is 6.06. The minimum absolute atomic E-state index is 0.731. The quantitative estimate of drug-likeness (QED) is 0.747. The first-order valence-corrected chi connectivity index (χ1v) is 5.08. The van der Waals surface area contributed by atoms with Crippen LogP contribution in [0.4, 0.5) is 4.79 Å². The number of amides is 1. The molecule has 0 atom stereocenters. The van der Waals surface area contributed by atoms with Gasteiger partial charge in [0.15, 0.2) is 0 Å². The average Bonchev–Trinajstić information content (AvgIpc) is 2.71. The highest BCUT2D eigenvalue weighted by molar-refractivity contribution is 5.61. The summed E-state index contributed by atoms with van der Waals surface area (Å²) < 4.78 is 4.82. The van der Waals surface area contributed by atoms with E-state index in [-0.39, 0.29) is 0 Å². The minimum atomic E-state index is -1.33. The van der Waals surface area contributed by atoms with Gasteiger partial charge in [0.1, 0.15) is 6.26 Å². The first kappa shape index (κ1) is 11.6. The van der Waals surface area contributed by atoms with Crippen molar-refractivity contribution in [3.05, 3.63) is 18.0 Å². The van der Waals surface area contributed by atoms with Gasteiger partial charge >= 0.3 is 6.09 Å². The number of carbonyl (C=O) groups is 1. The third-order valence-corrected chi connectivity index (χ3v) is 2.53. The third-order valence-electron chi connectivity index (χ3n) is 2.53. The summed E-state index contributed by atoms with van der Waals surface area (Å²) in [6.45, 7) is 0. The van der Waals surface area contributed by atoms with Crippen molar-refractivity contribution in [2.45, 2.75) is 38.0 Å². The van der Waals surface area contributed by atoms with Crippen LogP contribution in [0.5, 0.6) is 0 Å². The zero-order chi connectivity index (χ0) is 11.1. The van der Waals surface area contributed by atoms with E-state index < -0.39 is 6.09 Å². The largest absolute Gasteiger partial charge is 0.465 e. The molecule has 1 saturated carbocycles. The number of nitrogens with two attached hydrogens (primary N) is 1. The number of hydrogen-bond donors (Lipinski definition) is 2. The van der Waals surface area contributed by atoms with Crippen LogP contribution >= 0.6 is 0 Å². The van der Waals surface area contributed by atoms with E-state index in [1.54, 1.807) is 6.26 Å². The van der Waals surface area contributed by atoms with E-state index in [1.807, 2.05) is 6.20 Å². The average molecular weight is 212 g/mol. The van der Waals surface area contributed by atoms with Crippen molar-refractivity contribution < 1.29 is 14.4 Å². The highest BCUT2D eigenvalue weighted by atomic mass is 16.5. The van der Waals surface area contributed by atoms with Gasteiger partial charge < -0.3 is 15.4 Å². The van der Waals surface area contributed by atoms with Crippen molar-refractivity contribution >= 4 is 6.09 Å². The summed E-state index contributed by atoms with van der Waals surface area (Å²) in [7, 11) is 0. The van der Waals surface area contributed by atoms with Gasteiger partial charge in [-0.2, -0.15) is 0 Å². The smallest absolute Gasteiger partial charge is 0.402 e. The number of aromatic nitrogens is 1. The molecular weight excluding hydrogens is 196 g/mol. The van der Waals surface area contributed by atoms with E-state index in [0.29, 0.717) is 0 Å². The predicted octanol–water partition coefficient (Wildman–Crippen LogP) is 2.35. The number of rotatable bonds is 1. The zero-order valence-corrected chi connectivity index (χ0v) is 8.56. The number of nitrogens with zero attached hydrogens (tertiary/aromatic N) is 1. The van der Waals surface area contributed by atoms with Gasteiger partial charge in [-0.15, -0.1) is 0 Å². The molecule has 0 spiro atoms. The van der Waals surface area contributed by atoms with Crippen LogP contribution in [0.25, 0.3) is 0 Å². The maximum absolute atomic E-state index is 8.78. The van der Waals surface area contributed by atoms with Gasteiger partial charge in [-0.1, -0.05) is 24.4 Å². The summed E-state index contributed by atoms with van der Waals surface area (Å²) in [6, 6.07) is 0. The van der Waals surface area contributed by atoms with E-state index in [9.17, 15) is 0 Å². The Morgan fingerprint density at radius 2 is 2.07 bits per heavy atom. The van der Waals surface area contributed by atoms with Crippen LogP contribution in [-0.2, 0) is 0 Å². The first-order chi connectivity index (χ1) is 7.20. The standard InChI is InChI=1S/C9H13NO.CH3NO2/c1-2-4-8(5-3-1)9-6-10-11-7-9;2-1(3)4/h6-8H,1-5H2;2H2,(H,3,4). The molecule has 0 aliphatic heterocycles. The van der Waals surface area contributed by atoms with Crippen molar-refractivity contribution in [3.8, 4) is 0 Å². The van der Waals surface area contributed by atoms with Crippen molar-refractivity contribution in [3.63, 3.8) is 0 Å². The summed E-state index contributed by atoms with van der Waals surface area (Å²) in [5.41, 5.74) is 5.32. The number of hydrogen-bond acceptors (Lipinski definition) is 3. The Kier molecular flexibility index (Phi) is 4.66. The molecule has 84 valence electrons. The molecule has 15 heavy (non-hydrogen) atoms. The Bertz CT molecular complexity index is 275. The lowest BCUT2D eigenvalue weighted by atomic mass is 9.86. The second-order valence-electron chi connectivity index (χ2n) is 3.63. The Balaban J connectivity index is 0.000000245. The van der Waals surface area contributed by atoms with E-state index in [2.05, 4.69) is 10.9 Å². The lowest BCUT2D eigenvalue weighted by molar-refractivity contribution is 0.205. The van der Waals surface area contributed by atoms with Gasteiger partial charge in [-0.3, -0.25) is 0 Å². The maximum Gasteiger partial charge on any atom is 0.402 e. The second-order valence-corrected chi connectivity index (χ2v) is 3.63. The van der Waals surface area contributed by atoms with Crippen molar-refractivity contribution in [1.82, 2.24) is 5.16 Å². The van der Waals surface area contributed by atoms with E-state index in [4.69, 9.17) is 14.4 Å². The Labute approximate surface area is 88.2 Å². The molecule has 5 heteroatoms. The molecule has 1 amide bonds. The molecule has 1 aliphatic carbocycles. The molecule has 0 saturated heterocycles. The fourth-order valence-corrected chi connectivity index (χ4v) is 1.85. The van der Waals surface area contributed by atoms with E-state index in [0.717, 1.165) is 5.92 Å². The highest BCUT2D eigenvalue weighted by Crippen LogP contribution is 2.31. The maximum atomic E-state index is 8.78. The molecule has 3 N–H and O–H groups in total. The molecule has 1 fully saturated rings. The molecule has 0 aromatic carbocycles. The summed E-state index contributed by atoms with van der Waals surface area (Å²) in [6.07, 6.45) is 9.10. The Hall–Kier alpha value is -1.52. The summed E-state index contributed by atoms with van der Waals surface area (Å²) in [5, 5.41) is 10.9. The molecule has 5 nitrogen and oxygen atoms in total. The normalized spacial score (nSPS) is 16.5. The third kappa shape index (κ3) is 4.49. The Morgan fingerprint density at radius 3 is 2.53 bits per heavy atom. The van der Waals surface area contributed by atoms with E-state index in [1.165, 1.54) is 37.7 Å². The number of primary amides is 1. The molecule has 1 heterocycles. The molecule has 1 aromatic heterocycles. The van der Waals surface area contributed by atoms with Gasteiger partial charge in [0.25, 0.3) is 0 Å². The van der Waals surface area contributed by atoms with Crippen molar-refractivity contribution in [1.29, 1.82) is 0 Å². The van der Waals surface area contributed by atoms with Gasteiger partial charge in [0, 0.05) is 5.56 Å². The Morgan fingerprint density at radius 1 is 1.47 bits per heavy atom. The van der Waals surface area contributed by atoms with Crippen LogP contribution in [0.15, 0.2) is 17.0 Å². The lowest BCUT2D eigenvalue weighted by Gasteiger charge is -2.19. The number of carboxylic acid groups (broad SMARTS) is 1. The lowest BCUT2D eigenvalue weighted by Crippen LogP contribution is -2.03. The monoisotopic (exact) mass is 212 g/mol. The van der Waals surface area contributed by atoms with Crippen molar-refractivity contribution in [2.24, 2.45) is 5.73 Å². The SMILES string of the molecule is NC(=O)O.c1nocc1C1CCCCC1. The van der Waals surface area contributed by atoms with Crippen LogP contribution in [0.3, 0.4) is 0 Å². The van der Waals surface area contributed by atoms with Crippen molar-refractivity contribution in [2.75, 3.05) is 0 Å². The van der Waals surface area contributed by atoms with Crippen LogP contribution < -0.4 is 5.73 Å². The molecule has 0 unspecified atom stereocenters. The van der Waals surface area contributed by atoms with Crippen LogP contribution in [0, 0.1) is 0 Å². The molecule has 0 bridgehead atoms. The van der Waals surface area contributed by atoms with Gasteiger partial charge in [0.05, 0.1) is 6.20 Å². The molecule has 2 rings (SSSR count). The molecule has 1 aliphatic rings. The van der Waals surface area contributed by atoms with Gasteiger partial charge in [-0.05, 0) is 18.8 Å². The van der Waals surface area contributed by atoms with Gasteiger partial charge in [-0.25, -0.2) is 4.79 Å². The molecule has 0 radical (unpaired) electrons. The molecule has 1 aromatic rings. The fourth-order valence-electron chi connectivity index (χ4n) is 1.85. The molecular formula is C10H16N2O3. The van der Waals surface area contributed by atoms with Crippen LogP contribution in [0.2, 0.25) is 0 Å². The topological polar surface area (TPSA) is 89.4 Å². The fraction of sp³-hybridized carbons (Fsp3) is 0.600. The van der Waals surface area contributed by atoms with E-state index >= 15 is 0 Å².